The number of carboxylic acid groups (broad SMARTS) is 3. The molecule has 1 fully saturated rings. The molecular weight excluding hydrogens is 876 g/mol. The van der Waals surface area contributed by atoms with Gasteiger partial charge < -0.3 is 25.2 Å². The minimum Gasteiger partial charge on any atom is -0.475 e. The molecular formula is C33H31F9N6O8S3. The van der Waals surface area contributed by atoms with Crippen molar-refractivity contribution in [3.8, 4) is 10.7 Å². The summed E-state index contributed by atoms with van der Waals surface area (Å²) in [5.74, 6) is -7.22. The summed E-state index contributed by atoms with van der Waals surface area (Å²) in [7, 11) is -2.03. The summed E-state index contributed by atoms with van der Waals surface area (Å²) >= 11 is 2.89. The van der Waals surface area contributed by atoms with E-state index >= 15 is 0 Å². The minimum absolute atomic E-state index is 0.323. The van der Waals surface area contributed by atoms with Crippen LogP contribution in [0, 0.1) is 6.92 Å². The van der Waals surface area contributed by atoms with E-state index in [1.54, 1.807) is 35.9 Å². The van der Waals surface area contributed by atoms with E-state index in [1.807, 2.05) is 43.5 Å². The van der Waals surface area contributed by atoms with Gasteiger partial charge in [0.05, 0.1) is 16.9 Å². The number of para-hydroxylation sites is 1. The fraction of sp³-hybridized carbons (Fsp3) is 0.303. The molecule has 0 aliphatic carbocycles. The number of nitrogens with zero attached hydrogens (tertiary/aromatic N) is 5. The molecule has 26 heteroatoms. The third-order valence-electron chi connectivity index (χ3n) is 7.54. The zero-order valence-electron chi connectivity index (χ0n) is 30.1. The van der Waals surface area contributed by atoms with E-state index in [0.29, 0.717) is 9.90 Å². The molecule has 0 amide bonds. The predicted molar refractivity (Wildman–Crippen MR) is 197 cm³/mol. The van der Waals surface area contributed by atoms with Gasteiger partial charge in [0.15, 0.2) is 0 Å². The number of carboxylic acids is 3. The Bertz CT molecular complexity index is 2250. The monoisotopic (exact) mass is 906 g/mol. The van der Waals surface area contributed by atoms with Crippen molar-refractivity contribution in [2.45, 2.75) is 36.2 Å². The first-order valence-electron chi connectivity index (χ1n) is 16.1. The highest BCUT2D eigenvalue weighted by molar-refractivity contribution is 7.94. The van der Waals surface area contributed by atoms with Crippen molar-refractivity contribution in [3.63, 3.8) is 0 Å². The molecule has 0 saturated carbocycles. The number of carbonyl (C=O) groups is 3. The zero-order valence-corrected chi connectivity index (χ0v) is 32.6. The molecule has 1 aliphatic rings. The Morgan fingerprint density at radius 3 is 1.86 bits per heavy atom. The van der Waals surface area contributed by atoms with Crippen LogP contribution in [0.3, 0.4) is 0 Å². The molecule has 4 N–H and O–H groups in total. The van der Waals surface area contributed by atoms with Crippen molar-refractivity contribution >= 4 is 73.0 Å². The smallest absolute Gasteiger partial charge is 0.475 e. The Balaban J connectivity index is 0.000000365. The highest BCUT2D eigenvalue weighted by atomic mass is 32.2. The molecule has 4 aromatic heterocycles. The number of aryl methyl sites for hydroxylation is 1. The van der Waals surface area contributed by atoms with Crippen molar-refractivity contribution in [2.24, 2.45) is 0 Å². The van der Waals surface area contributed by atoms with Crippen LogP contribution >= 0.6 is 22.7 Å². The van der Waals surface area contributed by atoms with Crippen LogP contribution in [-0.4, -0.2) is 113 Å². The normalized spacial score (nSPS) is 13.6. The largest absolute Gasteiger partial charge is 0.490 e. The average Bonchev–Trinajstić information content (AvgIpc) is 3.93. The van der Waals surface area contributed by atoms with Gasteiger partial charge in [-0.1, -0.05) is 24.3 Å². The van der Waals surface area contributed by atoms with Gasteiger partial charge in [0.25, 0.3) is 10.0 Å². The van der Waals surface area contributed by atoms with E-state index in [1.165, 1.54) is 20.5 Å². The van der Waals surface area contributed by atoms with Crippen LogP contribution in [-0.2, 0) is 31.0 Å². The highest BCUT2D eigenvalue weighted by Gasteiger charge is 2.39. The Morgan fingerprint density at radius 1 is 0.831 bits per heavy atom. The first kappa shape index (κ1) is 47.9. The number of aromatic amines is 1. The van der Waals surface area contributed by atoms with Gasteiger partial charge in [-0.05, 0) is 42.6 Å². The standard InChI is InChI=1S/C27H28N6O2S3.3C2HF3O2/c1-19-6-3-9-24(29-19)33-13-11-32(12-14-33)18-21-17-28-27(37-21)22-16-20-7-4-8-23(26(20)30-22)31(2)38(34,35)25-10-5-15-36-25;3*3-2(4,5)1(6)7/h3-10,15-17,30H,11-14,18H2,1-2H3;3*(H,6,7). The molecule has 0 bridgehead atoms. The van der Waals surface area contributed by atoms with E-state index < -0.39 is 46.5 Å². The maximum atomic E-state index is 13.1. The summed E-state index contributed by atoms with van der Waals surface area (Å²) in [6.07, 6.45) is -13.3. The van der Waals surface area contributed by atoms with Crippen molar-refractivity contribution in [2.75, 3.05) is 42.4 Å². The number of alkyl halides is 9. The number of thiophene rings is 1. The van der Waals surface area contributed by atoms with Gasteiger partial charge in [0.2, 0.25) is 0 Å². The summed E-state index contributed by atoms with van der Waals surface area (Å²) in [4.78, 5) is 45.5. The van der Waals surface area contributed by atoms with E-state index in [2.05, 4.69) is 31.9 Å². The summed E-state index contributed by atoms with van der Waals surface area (Å²) < 4.78 is 123. The number of halogens is 9. The number of thiazole rings is 1. The number of piperazine rings is 1. The van der Waals surface area contributed by atoms with Crippen LogP contribution in [0.5, 0.6) is 0 Å². The fourth-order valence-corrected chi connectivity index (χ4v) is 8.05. The molecule has 1 aliphatic heterocycles. The summed E-state index contributed by atoms with van der Waals surface area (Å²) in [5, 5.41) is 25.0. The molecule has 0 unspecified atom stereocenters. The average molecular weight is 907 g/mol. The lowest BCUT2D eigenvalue weighted by Gasteiger charge is -2.35. The second-order valence-corrected chi connectivity index (χ2v) is 16.0. The van der Waals surface area contributed by atoms with E-state index in [0.717, 1.165) is 65.8 Å². The molecule has 59 heavy (non-hydrogen) atoms. The number of hydrogen-bond acceptors (Lipinski definition) is 11. The first-order valence-corrected chi connectivity index (χ1v) is 19.3. The van der Waals surface area contributed by atoms with Crippen molar-refractivity contribution in [1.82, 2.24) is 19.9 Å². The topological polar surface area (TPSA) is 197 Å². The number of H-pyrrole nitrogens is 1. The second kappa shape index (κ2) is 19.5. The molecule has 0 radical (unpaired) electrons. The Labute approximate surface area is 335 Å². The van der Waals surface area contributed by atoms with Crippen LogP contribution < -0.4 is 9.21 Å². The van der Waals surface area contributed by atoms with Gasteiger partial charge in [-0.3, -0.25) is 9.21 Å². The predicted octanol–water partition coefficient (Wildman–Crippen LogP) is 7.10. The van der Waals surface area contributed by atoms with Crippen LogP contribution in [0.1, 0.15) is 10.6 Å². The lowest BCUT2D eigenvalue weighted by atomic mass is 10.2. The lowest BCUT2D eigenvalue weighted by Crippen LogP contribution is -2.46. The molecule has 1 aromatic carbocycles. The van der Waals surface area contributed by atoms with Crippen molar-refractivity contribution in [3.05, 3.63) is 76.7 Å². The molecule has 5 aromatic rings. The summed E-state index contributed by atoms with van der Waals surface area (Å²) in [5.41, 5.74) is 3.32. The number of hydrogen-bond donors (Lipinski definition) is 4. The Kier molecular flexibility index (Phi) is 15.8. The van der Waals surface area contributed by atoms with Crippen molar-refractivity contribution in [1.29, 1.82) is 0 Å². The molecule has 1 saturated heterocycles. The lowest BCUT2D eigenvalue weighted by molar-refractivity contribution is -0.193. The number of aliphatic carboxylic acids is 3. The number of fused-ring (bicyclic) bond motifs is 1. The SMILES string of the molecule is Cc1cccc(N2CCN(Cc3cnc(-c4cc5cccc(N(C)S(=O)(=O)c6cccs6)c5[nH]4)s3)CC2)n1.O=C(O)C(F)(F)F.O=C(O)C(F)(F)F.O=C(O)C(F)(F)F. The van der Waals surface area contributed by atoms with Gasteiger partial charge in [0, 0.05) is 61.9 Å². The van der Waals surface area contributed by atoms with E-state index in [-0.39, 0.29) is 0 Å². The zero-order chi connectivity index (χ0) is 44.5. The molecule has 0 atom stereocenters. The van der Waals surface area contributed by atoms with Crippen LogP contribution in [0.15, 0.2) is 70.4 Å². The van der Waals surface area contributed by atoms with Gasteiger partial charge >= 0.3 is 36.4 Å². The molecule has 0 spiro atoms. The van der Waals surface area contributed by atoms with Gasteiger partial charge in [-0.15, -0.1) is 22.7 Å². The summed E-state index contributed by atoms with van der Waals surface area (Å²) in [6, 6.07) is 17.3. The maximum Gasteiger partial charge on any atom is 0.490 e. The quantitative estimate of drug-likeness (QED) is 0.121. The third kappa shape index (κ3) is 13.8. The van der Waals surface area contributed by atoms with Gasteiger partial charge in [-0.25, -0.2) is 32.8 Å². The van der Waals surface area contributed by atoms with E-state index in [9.17, 15) is 47.9 Å². The fourth-order valence-electron chi connectivity index (χ4n) is 4.76. The molecule has 322 valence electrons. The maximum absolute atomic E-state index is 13.1. The Hall–Kier alpha value is -5.47. The van der Waals surface area contributed by atoms with Crippen LogP contribution in [0.4, 0.5) is 51.0 Å². The number of benzene rings is 1. The molecule has 6 rings (SSSR count). The van der Waals surface area contributed by atoms with Gasteiger partial charge in [-0.2, -0.15) is 39.5 Å². The highest BCUT2D eigenvalue weighted by Crippen LogP contribution is 2.35. The number of sulfonamides is 1. The molecule has 14 nitrogen and oxygen atoms in total. The third-order valence-corrected chi connectivity index (χ3v) is 11.7. The van der Waals surface area contributed by atoms with E-state index in [4.69, 9.17) is 34.7 Å². The number of anilines is 2. The first-order chi connectivity index (χ1) is 27.2. The minimum atomic E-state index is -5.08. The summed E-state index contributed by atoms with van der Waals surface area (Å²) in [6.45, 7) is 6.75. The van der Waals surface area contributed by atoms with Crippen LogP contribution in [0.25, 0.3) is 21.6 Å². The number of aromatic nitrogens is 3. The number of nitrogens with one attached hydrogen (secondary N) is 1. The van der Waals surface area contributed by atoms with Crippen LogP contribution in [0.2, 0.25) is 0 Å². The number of pyridine rings is 1. The second-order valence-electron chi connectivity index (χ2n) is 11.8. The molecule has 5 heterocycles. The Morgan fingerprint density at radius 2 is 1.37 bits per heavy atom. The number of rotatable bonds is 7. The van der Waals surface area contributed by atoms with Crippen molar-refractivity contribution < 1.29 is 77.6 Å². The van der Waals surface area contributed by atoms with Gasteiger partial charge in [0.1, 0.15) is 15.0 Å².